The fourth-order valence-electron chi connectivity index (χ4n) is 2.09. The van der Waals surface area contributed by atoms with E-state index >= 15 is 0 Å². The molecule has 1 atom stereocenters. The summed E-state index contributed by atoms with van der Waals surface area (Å²) in [6, 6.07) is 12.8. The van der Waals surface area contributed by atoms with Crippen LogP contribution in [0.25, 0.3) is 0 Å². The maximum Gasteiger partial charge on any atom is 0.128 e. The molecule has 0 aliphatic carbocycles. The van der Waals surface area contributed by atoms with Gasteiger partial charge in [0, 0.05) is 23.1 Å². The lowest BCUT2D eigenvalue weighted by Gasteiger charge is -2.16. The summed E-state index contributed by atoms with van der Waals surface area (Å²) >= 11 is 5.95. The van der Waals surface area contributed by atoms with E-state index < -0.39 is 6.10 Å². The minimum atomic E-state index is -0.658. The van der Waals surface area contributed by atoms with Crippen LogP contribution in [0.1, 0.15) is 17.2 Å². The van der Waals surface area contributed by atoms with E-state index in [1.54, 1.807) is 26.4 Å². The van der Waals surface area contributed by atoms with Crippen molar-refractivity contribution in [3.8, 4) is 11.5 Å². The molecular formula is C16H17ClO3. The topological polar surface area (TPSA) is 38.7 Å². The van der Waals surface area contributed by atoms with Crippen molar-refractivity contribution in [3.05, 3.63) is 58.6 Å². The first-order valence-corrected chi connectivity index (χ1v) is 6.66. The van der Waals surface area contributed by atoms with E-state index in [1.165, 1.54) is 0 Å². The van der Waals surface area contributed by atoms with Crippen molar-refractivity contribution in [2.75, 3.05) is 14.2 Å². The van der Waals surface area contributed by atoms with Crippen LogP contribution >= 0.6 is 11.6 Å². The third-order valence-corrected chi connectivity index (χ3v) is 3.35. The Balaban J connectivity index is 2.22. The average Bonchev–Trinajstić information content (AvgIpc) is 2.46. The Morgan fingerprint density at radius 3 is 2.55 bits per heavy atom. The Labute approximate surface area is 123 Å². The zero-order valence-corrected chi connectivity index (χ0v) is 12.2. The van der Waals surface area contributed by atoms with Crippen molar-refractivity contribution in [3.63, 3.8) is 0 Å². The molecule has 0 bridgehead atoms. The zero-order chi connectivity index (χ0) is 14.5. The molecule has 0 spiro atoms. The van der Waals surface area contributed by atoms with Crippen LogP contribution in [0.3, 0.4) is 0 Å². The second-order valence-electron chi connectivity index (χ2n) is 4.46. The van der Waals surface area contributed by atoms with Crippen molar-refractivity contribution in [1.82, 2.24) is 0 Å². The van der Waals surface area contributed by atoms with Crippen LogP contribution in [0.4, 0.5) is 0 Å². The van der Waals surface area contributed by atoms with Crippen LogP contribution < -0.4 is 9.47 Å². The number of ether oxygens (including phenoxy) is 2. The molecule has 2 rings (SSSR count). The van der Waals surface area contributed by atoms with E-state index in [0.29, 0.717) is 22.9 Å². The van der Waals surface area contributed by atoms with E-state index in [-0.39, 0.29) is 0 Å². The molecule has 0 amide bonds. The number of rotatable bonds is 5. The molecule has 0 radical (unpaired) electrons. The summed E-state index contributed by atoms with van der Waals surface area (Å²) in [6.45, 7) is 0. The van der Waals surface area contributed by atoms with E-state index in [0.717, 1.165) is 11.1 Å². The smallest absolute Gasteiger partial charge is 0.128 e. The Hall–Kier alpha value is -1.71. The van der Waals surface area contributed by atoms with Gasteiger partial charge in [-0.15, -0.1) is 0 Å². The van der Waals surface area contributed by atoms with Gasteiger partial charge in [-0.2, -0.15) is 0 Å². The van der Waals surface area contributed by atoms with Gasteiger partial charge in [0.2, 0.25) is 0 Å². The van der Waals surface area contributed by atoms with Crippen molar-refractivity contribution in [2.24, 2.45) is 0 Å². The number of benzene rings is 2. The number of aliphatic hydroxyl groups is 1. The maximum atomic E-state index is 10.4. The summed E-state index contributed by atoms with van der Waals surface area (Å²) in [5.41, 5.74) is 1.70. The fourth-order valence-corrected chi connectivity index (χ4v) is 2.30. The molecule has 0 aliphatic heterocycles. The van der Waals surface area contributed by atoms with E-state index in [4.69, 9.17) is 21.1 Å². The van der Waals surface area contributed by atoms with Gasteiger partial charge in [-0.1, -0.05) is 23.7 Å². The van der Waals surface area contributed by atoms with E-state index in [9.17, 15) is 5.11 Å². The molecule has 0 heterocycles. The Morgan fingerprint density at radius 1 is 1.10 bits per heavy atom. The zero-order valence-electron chi connectivity index (χ0n) is 11.5. The summed E-state index contributed by atoms with van der Waals surface area (Å²) in [5, 5.41) is 11.0. The predicted octanol–water partition coefficient (Wildman–Crippen LogP) is 3.63. The molecule has 2 aromatic carbocycles. The largest absolute Gasteiger partial charge is 0.497 e. The molecule has 1 unspecified atom stereocenters. The molecule has 1 N–H and O–H groups in total. The highest BCUT2D eigenvalue weighted by atomic mass is 35.5. The van der Waals surface area contributed by atoms with Crippen molar-refractivity contribution in [1.29, 1.82) is 0 Å². The average molecular weight is 293 g/mol. The third-order valence-electron chi connectivity index (χ3n) is 3.12. The lowest BCUT2D eigenvalue weighted by molar-refractivity contribution is 0.174. The monoisotopic (exact) mass is 292 g/mol. The van der Waals surface area contributed by atoms with Gasteiger partial charge in [0.05, 0.1) is 20.3 Å². The highest BCUT2D eigenvalue weighted by Crippen LogP contribution is 2.31. The molecule has 20 heavy (non-hydrogen) atoms. The lowest BCUT2D eigenvalue weighted by Crippen LogP contribution is -2.04. The Morgan fingerprint density at radius 2 is 1.90 bits per heavy atom. The molecule has 3 nitrogen and oxygen atoms in total. The molecule has 0 saturated carbocycles. The van der Waals surface area contributed by atoms with Crippen molar-refractivity contribution < 1.29 is 14.6 Å². The standard InChI is InChI=1S/C16H17ClO3/c1-19-13-6-7-14(16(10-13)20-2)15(18)9-11-4-3-5-12(17)8-11/h3-8,10,15,18H,9H2,1-2H3. The summed E-state index contributed by atoms with van der Waals surface area (Å²) in [5.74, 6) is 1.31. The summed E-state index contributed by atoms with van der Waals surface area (Å²) in [7, 11) is 3.17. The van der Waals surface area contributed by atoms with Gasteiger partial charge < -0.3 is 14.6 Å². The summed E-state index contributed by atoms with van der Waals surface area (Å²) in [4.78, 5) is 0. The highest BCUT2D eigenvalue weighted by molar-refractivity contribution is 6.30. The van der Waals surface area contributed by atoms with Crippen LogP contribution in [0.5, 0.6) is 11.5 Å². The predicted molar refractivity (Wildman–Crippen MR) is 79.7 cm³/mol. The number of methoxy groups -OCH3 is 2. The maximum absolute atomic E-state index is 10.4. The SMILES string of the molecule is COc1ccc(C(O)Cc2cccc(Cl)c2)c(OC)c1. The Kier molecular flexibility index (Phi) is 4.88. The molecule has 0 saturated heterocycles. The van der Waals surface area contributed by atoms with Crippen molar-refractivity contribution >= 4 is 11.6 Å². The summed E-state index contributed by atoms with van der Waals surface area (Å²) < 4.78 is 10.5. The second kappa shape index (κ2) is 6.64. The van der Waals surface area contributed by atoms with Crippen LogP contribution in [0.2, 0.25) is 5.02 Å². The Bertz CT molecular complexity index is 584. The first kappa shape index (κ1) is 14.7. The molecule has 4 heteroatoms. The molecule has 106 valence electrons. The molecule has 2 aromatic rings. The van der Waals surface area contributed by atoms with Crippen LogP contribution in [-0.2, 0) is 6.42 Å². The molecule has 0 fully saturated rings. The van der Waals surface area contributed by atoms with Crippen LogP contribution in [0, 0.1) is 0 Å². The van der Waals surface area contributed by atoms with Gasteiger partial charge in [0.1, 0.15) is 11.5 Å². The first-order valence-electron chi connectivity index (χ1n) is 6.28. The quantitative estimate of drug-likeness (QED) is 0.914. The van der Waals surface area contributed by atoms with Gasteiger partial charge in [-0.05, 0) is 29.8 Å². The first-order chi connectivity index (χ1) is 9.63. The fraction of sp³-hybridized carbons (Fsp3) is 0.250. The third kappa shape index (κ3) is 3.44. The van der Waals surface area contributed by atoms with Gasteiger partial charge in [-0.25, -0.2) is 0 Å². The minimum absolute atomic E-state index is 0.475. The van der Waals surface area contributed by atoms with Gasteiger partial charge in [0.25, 0.3) is 0 Å². The molecule has 0 aromatic heterocycles. The number of hydrogen-bond donors (Lipinski definition) is 1. The number of aliphatic hydroxyl groups excluding tert-OH is 1. The van der Waals surface area contributed by atoms with Crippen LogP contribution in [0.15, 0.2) is 42.5 Å². The van der Waals surface area contributed by atoms with Crippen molar-refractivity contribution in [2.45, 2.75) is 12.5 Å². The van der Waals surface area contributed by atoms with Gasteiger partial charge in [-0.3, -0.25) is 0 Å². The van der Waals surface area contributed by atoms with Crippen LogP contribution in [-0.4, -0.2) is 19.3 Å². The summed E-state index contributed by atoms with van der Waals surface area (Å²) in [6.07, 6.45) is -0.183. The highest BCUT2D eigenvalue weighted by Gasteiger charge is 2.15. The lowest BCUT2D eigenvalue weighted by atomic mass is 10.0. The van der Waals surface area contributed by atoms with E-state index in [2.05, 4.69) is 0 Å². The minimum Gasteiger partial charge on any atom is -0.497 e. The second-order valence-corrected chi connectivity index (χ2v) is 4.89. The molecular weight excluding hydrogens is 276 g/mol. The van der Waals surface area contributed by atoms with Gasteiger partial charge in [0.15, 0.2) is 0 Å². The van der Waals surface area contributed by atoms with E-state index in [1.807, 2.05) is 30.3 Å². The molecule has 0 aliphatic rings. The van der Waals surface area contributed by atoms with Gasteiger partial charge >= 0.3 is 0 Å². The number of hydrogen-bond acceptors (Lipinski definition) is 3. The number of halogens is 1. The normalized spacial score (nSPS) is 12.0.